The van der Waals surface area contributed by atoms with Crippen LogP contribution in [-0.4, -0.2) is 19.1 Å². The minimum atomic E-state index is -0.130. The first-order chi connectivity index (χ1) is 9.74. The van der Waals surface area contributed by atoms with Crippen LogP contribution in [0.15, 0.2) is 30.3 Å². The molecule has 1 unspecified atom stereocenters. The molecule has 0 heterocycles. The van der Waals surface area contributed by atoms with Crippen molar-refractivity contribution in [2.24, 2.45) is 5.92 Å². The highest BCUT2D eigenvalue weighted by molar-refractivity contribution is 5.72. The number of hydrogen-bond acceptors (Lipinski definition) is 3. The first-order valence-corrected chi connectivity index (χ1v) is 7.65. The van der Waals surface area contributed by atoms with Gasteiger partial charge in [0.05, 0.1) is 5.92 Å². The Morgan fingerprint density at radius 3 is 2.65 bits per heavy atom. The van der Waals surface area contributed by atoms with E-state index in [9.17, 15) is 4.79 Å². The summed E-state index contributed by atoms with van der Waals surface area (Å²) in [5.74, 6) is -0.222. The van der Waals surface area contributed by atoms with E-state index >= 15 is 0 Å². The molecule has 0 fully saturated rings. The van der Waals surface area contributed by atoms with E-state index in [1.165, 1.54) is 25.7 Å². The number of unbranched alkanes of at least 4 members (excludes halogenated alkanes) is 3. The van der Waals surface area contributed by atoms with Gasteiger partial charge in [0.25, 0.3) is 0 Å². The lowest BCUT2D eigenvalue weighted by atomic mass is 10.1. The van der Waals surface area contributed by atoms with Crippen molar-refractivity contribution in [3.05, 3.63) is 35.9 Å². The smallest absolute Gasteiger partial charge is 0.310 e. The van der Waals surface area contributed by atoms with Gasteiger partial charge in [-0.05, 0) is 18.5 Å². The van der Waals surface area contributed by atoms with Crippen LogP contribution in [0.25, 0.3) is 0 Å². The maximum absolute atomic E-state index is 11.8. The standard InChI is InChI=1S/C17H27NO2/c1-3-4-5-9-12-18-13-15(2)17(19)20-14-16-10-7-6-8-11-16/h6-8,10-11,15,18H,3-5,9,12-14H2,1-2H3. The third-order valence-electron chi connectivity index (χ3n) is 3.28. The van der Waals surface area contributed by atoms with Crippen LogP contribution in [0.5, 0.6) is 0 Å². The van der Waals surface area contributed by atoms with Gasteiger partial charge in [0.1, 0.15) is 6.61 Å². The Labute approximate surface area is 122 Å². The van der Waals surface area contributed by atoms with Crippen LogP contribution in [-0.2, 0) is 16.1 Å². The first kappa shape index (κ1) is 16.7. The van der Waals surface area contributed by atoms with Gasteiger partial charge in [0.2, 0.25) is 0 Å². The third kappa shape index (κ3) is 7.29. The highest BCUT2D eigenvalue weighted by Gasteiger charge is 2.13. The summed E-state index contributed by atoms with van der Waals surface area (Å²) in [6.45, 7) is 6.15. The first-order valence-electron chi connectivity index (χ1n) is 7.65. The van der Waals surface area contributed by atoms with Crippen LogP contribution in [0.1, 0.15) is 45.1 Å². The number of carbonyl (C=O) groups excluding carboxylic acids is 1. The van der Waals surface area contributed by atoms with Crippen LogP contribution in [0, 0.1) is 5.92 Å². The van der Waals surface area contributed by atoms with E-state index in [1.54, 1.807) is 0 Å². The summed E-state index contributed by atoms with van der Waals surface area (Å²) in [5.41, 5.74) is 1.03. The van der Waals surface area contributed by atoms with Gasteiger partial charge in [-0.2, -0.15) is 0 Å². The summed E-state index contributed by atoms with van der Waals surface area (Å²) in [5, 5.41) is 3.32. The molecule has 0 aliphatic carbocycles. The molecule has 1 rings (SSSR count). The van der Waals surface area contributed by atoms with Crippen LogP contribution >= 0.6 is 0 Å². The molecule has 0 spiro atoms. The van der Waals surface area contributed by atoms with Crippen LogP contribution in [0.2, 0.25) is 0 Å². The summed E-state index contributed by atoms with van der Waals surface area (Å²) in [6.07, 6.45) is 4.98. The van der Waals surface area contributed by atoms with Gasteiger partial charge in [-0.15, -0.1) is 0 Å². The Morgan fingerprint density at radius 2 is 1.95 bits per heavy atom. The van der Waals surface area contributed by atoms with Crippen molar-refractivity contribution in [1.82, 2.24) is 5.32 Å². The summed E-state index contributed by atoms with van der Waals surface area (Å²) >= 11 is 0. The molecule has 20 heavy (non-hydrogen) atoms. The molecule has 1 aromatic rings. The molecule has 3 nitrogen and oxygen atoms in total. The number of ether oxygens (including phenoxy) is 1. The highest BCUT2D eigenvalue weighted by atomic mass is 16.5. The van der Waals surface area contributed by atoms with E-state index in [2.05, 4.69) is 12.2 Å². The van der Waals surface area contributed by atoms with Gasteiger partial charge < -0.3 is 10.1 Å². The molecule has 0 bridgehead atoms. The second kappa shape index (κ2) is 10.4. The Kier molecular flexibility index (Phi) is 8.72. The van der Waals surface area contributed by atoms with Gasteiger partial charge in [0.15, 0.2) is 0 Å². The van der Waals surface area contributed by atoms with Crippen molar-refractivity contribution in [2.75, 3.05) is 13.1 Å². The largest absolute Gasteiger partial charge is 0.461 e. The van der Waals surface area contributed by atoms with Gasteiger partial charge in [-0.3, -0.25) is 4.79 Å². The van der Waals surface area contributed by atoms with Crippen molar-refractivity contribution < 1.29 is 9.53 Å². The fourth-order valence-electron chi connectivity index (χ4n) is 1.95. The zero-order valence-corrected chi connectivity index (χ0v) is 12.7. The number of carbonyl (C=O) groups is 1. The average molecular weight is 277 g/mol. The minimum absolute atomic E-state index is 0.0927. The summed E-state index contributed by atoms with van der Waals surface area (Å²) in [4.78, 5) is 11.8. The maximum Gasteiger partial charge on any atom is 0.310 e. The zero-order valence-electron chi connectivity index (χ0n) is 12.7. The number of rotatable bonds is 10. The molecule has 3 heteroatoms. The van der Waals surface area contributed by atoms with Gasteiger partial charge in [-0.25, -0.2) is 0 Å². The number of benzene rings is 1. The molecular weight excluding hydrogens is 250 g/mol. The molecule has 0 saturated carbocycles. The predicted molar refractivity (Wildman–Crippen MR) is 82.4 cm³/mol. The molecular formula is C17H27NO2. The molecule has 1 N–H and O–H groups in total. The molecule has 1 aromatic carbocycles. The number of nitrogens with one attached hydrogen (secondary N) is 1. The summed E-state index contributed by atoms with van der Waals surface area (Å²) in [6, 6.07) is 9.78. The van der Waals surface area contributed by atoms with Gasteiger partial charge >= 0.3 is 5.97 Å². The van der Waals surface area contributed by atoms with Crippen LogP contribution in [0.4, 0.5) is 0 Å². The van der Waals surface area contributed by atoms with Crippen LogP contribution in [0.3, 0.4) is 0 Å². The Morgan fingerprint density at radius 1 is 1.20 bits per heavy atom. The lowest BCUT2D eigenvalue weighted by molar-refractivity contribution is -0.149. The van der Waals surface area contributed by atoms with Crippen molar-refractivity contribution in [2.45, 2.75) is 46.1 Å². The summed E-state index contributed by atoms with van der Waals surface area (Å²) < 4.78 is 5.31. The Bertz CT molecular complexity index is 365. The second-order valence-corrected chi connectivity index (χ2v) is 5.26. The van der Waals surface area contributed by atoms with E-state index in [4.69, 9.17) is 4.74 Å². The zero-order chi connectivity index (χ0) is 14.6. The van der Waals surface area contributed by atoms with E-state index in [-0.39, 0.29) is 11.9 Å². The van der Waals surface area contributed by atoms with E-state index in [0.717, 1.165) is 12.1 Å². The van der Waals surface area contributed by atoms with Crippen LogP contribution < -0.4 is 5.32 Å². The molecule has 0 aliphatic heterocycles. The number of esters is 1. The third-order valence-corrected chi connectivity index (χ3v) is 3.28. The maximum atomic E-state index is 11.8. The minimum Gasteiger partial charge on any atom is -0.461 e. The molecule has 112 valence electrons. The van der Waals surface area contributed by atoms with E-state index < -0.39 is 0 Å². The van der Waals surface area contributed by atoms with Gasteiger partial charge in [0, 0.05) is 6.54 Å². The topological polar surface area (TPSA) is 38.3 Å². The van der Waals surface area contributed by atoms with E-state index in [0.29, 0.717) is 13.2 Å². The Balaban J connectivity index is 2.10. The molecule has 0 aromatic heterocycles. The van der Waals surface area contributed by atoms with Crippen molar-refractivity contribution in [1.29, 1.82) is 0 Å². The lowest BCUT2D eigenvalue weighted by Crippen LogP contribution is -2.28. The molecule has 0 aliphatic rings. The molecule has 1 atom stereocenters. The average Bonchev–Trinajstić information content (AvgIpc) is 2.49. The molecule has 0 saturated heterocycles. The fraction of sp³-hybridized carbons (Fsp3) is 0.588. The summed E-state index contributed by atoms with van der Waals surface area (Å²) in [7, 11) is 0. The van der Waals surface area contributed by atoms with Crippen molar-refractivity contribution in [3.8, 4) is 0 Å². The monoisotopic (exact) mass is 277 g/mol. The van der Waals surface area contributed by atoms with Gasteiger partial charge in [-0.1, -0.05) is 63.4 Å². The van der Waals surface area contributed by atoms with Crippen molar-refractivity contribution >= 4 is 5.97 Å². The highest BCUT2D eigenvalue weighted by Crippen LogP contribution is 2.04. The SMILES string of the molecule is CCCCCCNCC(C)C(=O)OCc1ccccc1. The second-order valence-electron chi connectivity index (χ2n) is 5.26. The fourth-order valence-corrected chi connectivity index (χ4v) is 1.95. The lowest BCUT2D eigenvalue weighted by Gasteiger charge is -2.12. The van der Waals surface area contributed by atoms with E-state index in [1.807, 2.05) is 37.3 Å². The predicted octanol–water partition coefficient (Wildman–Crippen LogP) is 3.54. The quantitative estimate of drug-likeness (QED) is 0.525. The Hall–Kier alpha value is -1.35. The normalized spacial score (nSPS) is 12.1. The molecule has 0 amide bonds. The van der Waals surface area contributed by atoms with Crippen molar-refractivity contribution in [3.63, 3.8) is 0 Å². The number of hydrogen-bond donors (Lipinski definition) is 1. The molecule has 0 radical (unpaired) electrons.